The molecule has 0 aliphatic heterocycles. The zero-order chi connectivity index (χ0) is 18.4. The average molecular weight is 396 g/mol. The maximum atomic E-state index is 11.9. The molecule has 0 fully saturated rings. The van der Waals surface area contributed by atoms with Gasteiger partial charge >= 0.3 is 0 Å². The minimum absolute atomic E-state index is 0.0341. The lowest BCUT2D eigenvalue weighted by Gasteiger charge is -2.09. The van der Waals surface area contributed by atoms with Gasteiger partial charge in [-0.15, -0.1) is 0 Å². The van der Waals surface area contributed by atoms with Gasteiger partial charge in [0.25, 0.3) is 5.69 Å². The summed E-state index contributed by atoms with van der Waals surface area (Å²) >= 11 is 16.7. The number of rotatable bonds is 4. The molecule has 0 spiro atoms. The summed E-state index contributed by atoms with van der Waals surface area (Å²) in [6.45, 7) is 0. The maximum Gasteiger partial charge on any atom is 0.271 e. The first-order valence-electron chi connectivity index (χ1n) is 6.85. The molecule has 2 aromatic rings. The van der Waals surface area contributed by atoms with E-state index in [0.717, 1.165) is 5.56 Å². The van der Waals surface area contributed by atoms with E-state index in [2.05, 4.69) is 10.6 Å². The number of hydrogen-bond acceptors (Lipinski definition) is 4. The van der Waals surface area contributed by atoms with E-state index >= 15 is 0 Å². The standard InChI is InChI=1S/C16H11Cl2N3O3S/c17-11-4-1-10(2-5-11)3-8-15(22)20-16(25)19-14-9-12(21(23)24)6-7-13(14)18/h1-9H,(H2,19,20,22,25)/b8-3+. The van der Waals surface area contributed by atoms with Gasteiger partial charge in [-0.1, -0.05) is 35.3 Å². The predicted molar refractivity (Wildman–Crippen MR) is 103 cm³/mol. The molecule has 0 radical (unpaired) electrons. The number of carbonyl (C=O) groups excluding carboxylic acids is 1. The summed E-state index contributed by atoms with van der Waals surface area (Å²) in [7, 11) is 0. The minimum Gasteiger partial charge on any atom is -0.331 e. The van der Waals surface area contributed by atoms with Crippen molar-refractivity contribution in [2.45, 2.75) is 0 Å². The fourth-order valence-corrected chi connectivity index (χ4v) is 2.28. The Balaban J connectivity index is 1.97. The molecule has 0 saturated carbocycles. The van der Waals surface area contributed by atoms with E-state index in [1.807, 2.05) is 0 Å². The van der Waals surface area contributed by atoms with E-state index in [4.69, 9.17) is 35.4 Å². The molecule has 0 bridgehead atoms. The molecule has 0 aliphatic rings. The van der Waals surface area contributed by atoms with Crippen molar-refractivity contribution in [3.05, 3.63) is 74.3 Å². The van der Waals surface area contributed by atoms with Crippen LogP contribution < -0.4 is 10.6 Å². The normalized spacial score (nSPS) is 10.5. The molecule has 0 saturated heterocycles. The Labute approximate surface area is 158 Å². The van der Waals surface area contributed by atoms with Gasteiger partial charge in [-0.05, 0) is 42.1 Å². The summed E-state index contributed by atoms with van der Waals surface area (Å²) in [6, 6.07) is 10.8. The van der Waals surface area contributed by atoms with Gasteiger partial charge in [0.2, 0.25) is 5.91 Å². The first-order chi connectivity index (χ1) is 11.8. The summed E-state index contributed by atoms with van der Waals surface area (Å²) < 4.78 is 0. The maximum absolute atomic E-state index is 11.9. The minimum atomic E-state index is -0.558. The van der Waals surface area contributed by atoms with Gasteiger partial charge in [0.05, 0.1) is 15.6 Å². The van der Waals surface area contributed by atoms with E-state index in [1.54, 1.807) is 30.3 Å². The van der Waals surface area contributed by atoms with Crippen LogP contribution in [-0.2, 0) is 4.79 Å². The zero-order valence-electron chi connectivity index (χ0n) is 12.5. The Morgan fingerprint density at radius 3 is 2.48 bits per heavy atom. The number of anilines is 1. The van der Waals surface area contributed by atoms with Crippen molar-refractivity contribution in [3.63, 3.8) is 0 Å². The second-order valence-electron chi connectivity index (χ2n) is 4.75. The molecular weight excluding hydrogens is 385 g/mol. The molecule has 0 aromatic heterocycles. The van der Waals surface area contributed by atoms with E-state index < -0.39 is 10.8 Å². The lowest BCUT2D eigenvalue weighted by Crippen LogP contribution is -2.32. The highest BCUT2D eigenvalue weighted by Gasteiger charge is 2.11. The molecule has 0 atom stereocenters. The molecule has 25 heavy (non-hydrogen) atoms. The fourth-order valence-electron chi connectivity index (χ4n) is 1.78. The number of nitro groups is 1. The first-order valence-corrected chi connectivity index (χ1v) is 8.01. The van der Waals surface area contributed by atoms with Crippen LogP contribution in [0.1, 0.15) is 5.56 Å². The molecule has 0 heterocycles. The van der Waals surface area contributed by atoms with E-state index in [1.165, 1.54) is 24.3 Å². The predicted octanol–water partition coefficient (Wildman–Crippen LogP) is 4.43. The van der Waals surface area contributed by atoms with Crippen LogP contribution in [0.4, 0.5) is 11.4 Å². The van der Waals surface area contributed by atoms with Gasteiger partial charge in [-0.25, -0.2) is 0 Å². The topological polar surface area (TPSA) is 84.3 Å². The number of amides is 1. The second kappa shape index (κ2) is 8.57. The third-order valence-corrected chi connectivity index (χ3v) is 3.73. The summed E-state index contributed by atoms with van der Waals surface area (Å²) in [5.41, 5.74) is 0.867. The number of halogens is 2. The van der Waals surface area contributed by atoms with Crippen molar-refractivity contribution in [2.24, 2.45) is 0 Å². The van der Waals surface area contributed by atoms with Crippen molar-refractivity contribution >= 4 is 63.9 Å². The van der Waals surface area contributed by atoms with Crippen LogP contribution in [-0.4, -0.2) is 15.9 Å². The highest BCUT2D eigenvalue weighted by molar-refractivity contribution is 7.80. The number of nitrogens with one attached hydrogen (secondary N) is 2. The van der Waals surface area contributed by atoms with E-state index in [0.29, 0.717) is 5.02 Å². The molecule has 0 unspecified atom stereocenters. The van der Waals surface area contributed by atoms with Crippen LogP contribution in [0.3, 0.4) is 0 Å². The van der Waals surface area contributed by atoms with Gasteiger partial charge < -0.3 is 5.32 Å². The number of hydrogen-bond donors (Lipinski definition) is 2. The van der Waals surface area contributed by atoms with Gasteiger partial charge in [0.15, 0.2) is 5.11 Å². The average Bonchev–Trinajstić information content (AvgIpc) is 2.56. The zero-order valence-corrected chi connectivity index (χ0v) is 14.9. The van der Waals surface area contributed by atoms with Gasteiger partial charge in [0.1, 0.15) is 0 Å². The first kappa shape index (κ1) is 18.9. The third kappa shape index (κ3) is 5.82. The quantitative estimate of drug-likeness (QED) is 0.346. The number of benzene rings is 2. The monoisotopic (exact) mass is 395 g/mol. The molecule has 1 amide bonds. The molecule has 128 valence electrons. The van der Waals surface area contributed by atoms with Gasteiger partial charge in [-0.2, -0.15) is 0 Å². The Morgan fingerprint density at radius 2 is 1.84 bits per heavy atom. The van der Waals surface area contributed by atoms with Crippen LogP contribution in [0.15, 0.2) is 48.5 Å². The summed E-state index contributed by atoms with van der Waals surface area (Å²) in [6.07, 6.45) is 2.89. The van der Waals surface area contributed by atoms with Gasteiger partial charge in [0, 0.05) is 23.2 Å². The Morgan fingerprint density at radius 1 is 1.16 bits per heavy atom. The SMILES string of the molecule is O=C(/C=C/c1ccc(Cl)cc1)NC(=S)Nc1cc([N+](=O)[O-])ccc1Cl. The van der Waals surface area contributed by atoms with Crippen LogP contribution in [0.25, 0.3) is 6.08 Å². The van der Waals surface area contributed by atoms with Gasteiger partial charge in [-0.3, -0.25) is 20.2 Å². The largest absolute Gasteiger partial charge is 0.331 e. The Kier molecular flexibility index (Phi) is 6.46. The second-order valence-corrected chi connectivity index (χ2v) is 6.00. The molecule has 0 aliphatic carbocycles. The number of carbonyl (C=O) groups is 1. The number of non-ortho nitro benzene ring substituents is 1. The lowest BCUT2D eigenvalue weighted by atomic mass is 10.2. The number of nitrogens with zero attached hydrogens (tertiary/aromatic N) is 1. The van der Waals surface area contributed by atoms with Crippen LogP contribution >= 0.6 is 35.4 Å². The fraction of sp³-hybridized carbons (Fsp3) is 0. The molecular formula is C16H11Cl2N3O3S. The van der Waals surface area contributed by atoms with Crippen molar-refractivity contribution < 1.29 is 9.72 Å². The van der Waals surface area contributed by atoms with Crippen molar-refractivity contribution in [1.29, 1.82) is 0 Å². The molecule has 6 nitrogen and oxygen atoms in total. The van der Waals surface area contributed by atoms with Crippen LogP contribution in [0.5, 0.6) is 0 Å². The van der Waals surface area contributed by atoms with Crippen LogP contribution in [0, 0.1) is 10.1 Å². The van der Waals surface area contributed by atoms with Crippen molar-refractivity contribution in [3.8, 4) is 0 Å². The summed E-state index contributed by atoms with van der Waals surface area (Å²) in [5, 5.41) is 16.7. The lowest BCUT2D eigenvalue weighted by molar-refractivity contribution is -0.384. The number of nitro benzene ring substituents is 1. The van der Waals surface area contributed by atoms with Crippen LogP contribution in [0.2, 0.25) is 10.0 Å². The summed E-state index contributed by atoms with van der Waals surface area (Å²) in [4.78, 5) is 22.1. The Bertz CT molecular complexity index is 854. The summed E-state index contributed by atoms with van der Waals surface area (Å²) in [5.74, 6) is -0.464. The third-order valence-electron chi connectivity index (χ3n) is 2.94. The van der Waals surface area contributed by atoms with E-state index in [9.17, 15) is 14.9 Å². The molecule has 9 heteroatoms. The molecule has 2 aromatic carbocycles. The van der Waals surface area contributed by atoms with Crippen molar-refractivity contribution in [1.82, 2.24) is 5.32 Å². The van der Waals surface area contributed by atoms with Crippen molar-refractivity contribution in [2.75, 3.05) is 5.32 Å². The van der Waals surface area contributed by atoms with E-state index in [-0.39, 0.29) is 21.5 Å². The number of thiocarbonyl (C=S) groups is 1. The smallest absolute Gasteiger partial charge is 0.271 e. The molecule has 2 rings (SSSR count). The Hall–Kier alpha value is -2.48. The molecule has 2 N–H and O–H groups in total. The highest BCUT2D eigenvalue weighted by atomic mass is 35.5. The highest BCUT2D eigenvalue weighted by Crippen LogP contribution is 2.26.